The highest BCUT2D eigenvalue weighted by molar-refractivity contribution is 6.04. The third-order valence-electron chi connectivity index (χ3n) is 3.60. The molecule has 0 bridgehead atoms. The average molecular weight is 365 g/mol. The summed E-state index contributed by atoms with van der Waals surface area (Å²) in [5.74, 6) is -5.77. The molecule has 1 aromatic heterocycles. The highest BCUT2D eigenvalue weighted by Crippen LogP contribution is 2.20. The minimum atomic E-state index is -1.68. The lowest BCUT2D eigenvalue weighted by molar-refractivity contribution is 0.0953. The van der Waals surface area contributed by atoms with E-state index in [1.807, 2.05) is 6.92 Å². The predicted octanol–water partition coefficient (Wildman–Crippen LogP) is 3.67. The fraction of sp³-hybridized carbons (Fsp3) is 0.278. The van der Waals surface area contributed by atoms with Crippen LogP contribution in [0.15, 0.2) is 30.5 Å². The third kappa shape index (κ3) is 4.81. The lowest BCUT2D eigenvalue weighted by atomic mass is 10.2. The van der Waals surface area contributed by atoms with Crippen LogP contribution in [0, 0.1) is 17.5 Å². The molecular formula is C18H18F3N3O2. The standard InChI is InChI=1S/C18H18F3N3O2/c1-2-3-4-8-23-17(25)11-7-9-22-14(10-11)18(26)24-13-6-5-12(19)15(20)16(13)21/h5-7,9-10H,2-4,8H2,1H3,(H,23,25)(H,24,26). The first-order valence-electron chi connectivity index (χ1n) is 8.13. The van der Waals surface area contributed by atoms with Crippen LogP contribution in [0.25, 0.3) is 0 Å². The van der Waals surface area contributed by atoms with Gasteiger partial charge >= 0.3 is 0 Å². The SMILES string of the molecule is CCCCCNC(=O)c1ccnc(C(=O)Nc2ccc(F)c(F)c2F)c1. The number of carbonyl (C=O) groups excluding carboxylic acids is 2. The summed E-state index contributed by atoms with van der Waals surface area (Å²) in [4.78, 5) is 28.0. The number of pyridine rings is 1. The topological polar surface area (TPSA) is 71.1 Å². The van der Waals surface area contributed by atoms with E-state index in [4.69, 9.17) is 0 Å². The Morgan fingerprint density at radius 3 is 2.54 bits per heavy atom. The molecule has 2 rings (SSSR count). The summed E-state index contributed by atoms with van der Waals surface area (Å²) in [5.41, 5.74) is -0.465. The third-order valence-corrected chi connectivity index (χ3v) is 3.60. The molecule has 5 nitrogen and oxygen atoms in total. The smallest absolute Gasteiger partial charge is 0.274 e. The number of unbranched alkanes of at least 4 members (excludes halogenated alkanes) is 2. The number of hydrogen-bond acceptors (Lipinski definition) is 3. The molecule has 0 aliphatic heterocycles. The molecule has 0 atom stereocenters. The van der Waals surface area contributed by atoms with Crippen molar-refractivity contribution in [1.82, 2.24) is 10.3 Å². The molecule has 2 aromatic rings. The molecule has 26 heavy (non-hydrogen) atoms. The summed E-state index contributed by atoms with van der Waals surface area (Å²) in [6.45, 7) is 2.56. The van der Waals surface area contributed by atoms with Gasteiger partial charge < -0.3 is 10.6 Å². The molecular weight excluding hydrogens is 347 g/mol. The van der Waals surface area contributed by atoms with Crippen molar-refractivity contribution in [3.63, 3.8) is 0 Å². The maximum Gasteiger partial charge on any atom is 0.274 e. The molecule has 0 fully saturated rings. The van der Waals surface area contributed by atoms with Crippen LogP contribution in [0.3, 0.4) is 0 Å². The number of anilines is 1. The summed E-state index contributed by atoms with van der Waals surface area (Å²) in [6, 6.07) is 4.27. The Morgan fingerprint density at radius 2 is 1.81 bits per heavy atom. The number of hydrogen-bond donors (Lipinski definition) is 2. The van der Waals surface area contributed by atoms with E-state index < -0.39 is 29.0 Å². The first-order valence-corrected chi connectivity index (χ1v) is 8.13. The molecule has 0 aliphatic rings. The Balaban J connectivity index is 2.08. The van der Waals surface area contributed by atoms with Gasteiger partial charge in [-0.25, -0.2) is 13.2 Å². The maximum absolute atomic E-state index is 13.6. The van der Waals surface area contributed by atoms with Crippen LogP contribution in [0.2, 0.25) is 0 Å². The van der Waals surface area contributed by atoms with Crippen molar-refractivity contribution in [1.29, 1.82) is 0 Å². The van der Waals surface area contributed by atoms with Gasteiger partial charge in [-0.2, -0.15) is 0 Å². The number of halogens is 3. The van der Waals surface area contributed by atoms with E-state index >= 15 is 0 Å². The summed E-state index contributed by atoms with van der Waals surface area (Å²) in [5, 5.41) is 4.83. The second kappa shape index (κ2) is 8.98. The Kier molecular flexibility index (Phi) is 6.71. The Morgan fingerprint density at radius 1 is 1.04 bits per heavy atom. The monoisotopic (exact) mass is 365 g/mol. The van der Waals surface area contributed by atoms with E-state index in [2.05, 4.69) is 15.6 Å². The Hall–Kier alpha value is -2.90. The van der Waals surface area contributed by atoms with E-state index in [-0.39, 0.29) is 17.2 Å². The van der Waals surface area contributed by atoms with Crippen LogP contribution < -0.4 is 10.6 Å². The summed E-state index contributed by atoms with van der Waals surface area (Å²) in [6.07, 6.45) is 4.12. The van der Waals surface area contributed by atoms with Gasteiger partial charge in [0, 0.05) is 18.3 Å². The summed E-state index contributed by atoms with van der Waals surface area (Å²) < 4.78 is 39.8. The second-order valence-electron chi connectivity index (χ2n) is 5.57. The van der Waals surface area contributed by atoms with E-state index in [9.17, 15) is 22.8 Å². The molecule has 0 saturated carbocycles. The van der Waals surface area contributed by atoms with E-state index in [0.717, 1.165) is 25.3 Å². The molecule has 2 amide bonds. The molecule has 0 radical (unpaired) electrons. The van der Waals surface area contributed by atoms with Gasteiger partial charge in [-0.15, -0.1) is 0 Å². The molecule has 2 N–H and O–H groups in total. The Bertz CT molecular complexity index is 812. The van der Waals surface area contributed by atoms with E-state index in [1.165, 1.54) is 18.3 Å². The predicted molar refractivity (Wildman–Crippen MR) is 90.4 cm³/mol. The number of nitrogens with zero attached hydrogens (tertiary/aromatic N) is 1. The molecule has 0 unspecified atom stereocenters. The number of benzene rings is 1. The molecule has 8 heteroatoms. The van der Waals surface area contributed by atoms with Crippen molar-refractivity contribution in [3.05, 3.63) is 59.2 Å². The van der Waals surface area contributed by atoms with Crippen LogP contribution in [-0.2, 0) is 0 Å². The largest absolute Gasteiger partial charge is 0.352 e. The minimum absolute atomic E-state index is 0.157. The van der Waals surface area contributed by atoms with Gasteiger partial charge in [0.2, 0.25) is 0 Å². The summed E-state index contributed by atoms with van der Waals surface area (Å²) in [7, 11) is 0. The van der Waals surface area contributed by atoms with Gasteiger partial charge in [-0.1, -0.05) is 19.8 Å². The first-order chi connectivity index (χ1) is 12.4. The van der Waals surface area contributed by atoms with Crippen molar-refractivity contribution in [2.24, 2.45) is 0 Å². The van der Waals surface area contributed by atoms with Gasteiger partial charge in [-0.3, -0.25) is 14.6 Å². The van der Waals surface area contributed by atoms with Crippen molar-refractivity contribution in [2.45, 2.75) is 26.2 Å². The zero-order chi connectivity index (χ0) is 19.1. The lowest BCUT2D eigenvalue weighted by Crippen LogP contribution is -2.25. The number of nitrogens with one attached hydrogen (secondary N) is 2. The van der Waals surface area contributed by atoms with Gasteiger partial charge in [-0.05, 0) is 30.7 Å². The van der Waals surface area contributed by atoms with Crippen molar-refractivity contribution >= 4 is 17.5 Å². The van der Waals surface area contributed by atoms with Gasteiger partial charge in [0.1, 0.15) is 5.69 Å². The van der Waals surface area contributed by atoms with Crippen LogP contribution >= 0.6 is 0 Å². The Labute approximate surface area is 148 Å². The van der Waals surface area contributed by atoms with Crippen molar-refractivity contribution < 1.29 is 22.8 Å². The number of aromatic nitrogens is 1. The molecule has 1 aromatic carbocycles. The fourth-order valence-electron chi connectivity index (χ4n) is 2.18. The molecule has 0 aliphatic carbocycles. The number of rotatable bonds is 7. The quantitative estimate of drug-likeness (QED) is 0.581. The second-order valence-corrected chi connectivity index (χ2v) is 5.57. The zero-order valence-corrected chi connectivity index (χ0v) is 14.1. The van der Waals surface area contributed by atoms with Crippen LogP contribution in [-0.4, -0.2) is 23.3 Å². The minimum Gasteiger partial charge on any atom is -0.352 e. The zero-order valence-electron chi connectivity index (χ0n) is 14.1. The first kappa shape index (κ1) is 19.4. The maximum atomic E-state index is 13.6. The fourth-order valence-corrected chi connectivity index (χ4v) is 2.18. The van der Waals surface area contributed by atoms with Gasteiger partial charge in [0.05, 0.1) is 5.69 Å². The average Bonchev–Trinajstić information content (AvgIpc) is 2.65. The molecule has 0 saturated heterocycles. The molecule has 138 valence electrons. The van der Waals surface area contributed by atoms with Crippen LogP contribution in [0.4, 0.5) is 18.9 Å². The van der Waals surface area contributed by atoms with E-state index in [1.54, 1.807) is 0 Å². The highest BCUT2D eigenvalue weighted by Gasteiger charge is 2.17. The normalized spacial score (nSPS) is 10.5. The lowest BCUT2D eigenvalue weighted by Gasteiger charge is -2.08. The highest BCUT2D eigenvalue weighted by atomic mass is 19.2. The molecule has 0 spiro atoms. The van der Waals surface area contributed by atoms with E-state index in [0.29, 0.717) is 12.6 Å². The van der Waals surface area contributed by atoms with Gasteiger partial charge in [0.25, 0.3) is 11.8 Å². The molecule has 1 heterocycles. The summed E-state index contributed by atoms with van der Waals surface area (Å²) >= 11 is 0. The van der Waals surface area contributed by atoms with Crippen LogP contribution in [0.1, 0.15) is 47.0 Å². The number of carbonyl (C=O) groups is 2. The van der Waals surface area contributed by atoms with Crippen molar-refractivity contribution in [3.8, 4) is 0 Å². The number of amides is 2. The van der Waals surface area contributed by atoms with Crippen molar-refractivity contribution in [2.75, 3.05) is 11.9 Å². The van der Waals surface area contributed by atoms with Gasteiger partial charge in [0.15, 0.2) is 17.5 Å². The van der Waals surface area contributed by atoms with Crippen LogP contribution in [0.5, 0.6) is 0 Å².